The monoisotopic (exact) mass is 309 g/mol. The maximum Gasteiger partial charge on any atom is 0.226 e. The van der Waals surface area contributed by atoms with Gasteiger partial charge in [-0.15, -0.1) is 0 Å². The second kappa shape index (κ2) is 6.37. The summed E-state index contributed by atoms with van der Waals surface area (Å²) in [5, 5.41) is 0.982. The molecule has 0 unspecified atom stereocenters. The average Bonchev–Trinajstić information content (AvgIpc) is 2.38. The van der Waals surface area contributed by atoms with Crippen LogP contribution in [-0.2, 0) is 11.2 Å². The number of aryl methyl sites for hydroxylation is 2. The van der Waals surface area contributed by atoms with Crippen molar-refractivity contribution < 1.29 is 4.79 Å². The Bertz CT molecular complexity index is 431. The van der Waals surface area contributed by atoms with Crippen LogP contribution in [0.5, 0.6) is 0 Å². The van der Waals surface area contributed by atoms with E-state index >= 15 is 0 Å². The van der Waals surface area contributed by atoms with Gasteiger partial charge in [0.1, 0.15) is 0 Å². The summed E-state index contributed by atoms with van der Waals surface area (Å²) in [6.07, 6.45) is 4.89. The summed E-state index contributed by atoms with van der Waals surface area (Å²) in [4.78, 5) is 14.3. The minimum Gasteiger partial charge on any atom is -0.312 e. The Balaban J connectivity index is 2.14. The fourth-order valence-electron chi connectivity index (χ4n) is 2.60. The number of nitrogens with zero attached hydrogens (tertiary/aromatic N) is 1. The van der Waals surface area contributed by atoms with Gasteiger partial charge in [-0.25, -0.2) is 0 Å². The van der Waals surface area contributed by atoms with Crippen LogP contribution in [0.15, 0.2) is 18.2 Å². The number of carbonyl (C=O) groups excluding carboxylic acids is 1. The van der Waals surface area contributed by atoms with E-state index in [9.17, 15) is 4.79 Å². The highest BCUT2D eigenvalue weighted by atomic mass is 79.9. The number of hydrogen-bond donors (Lipinski definition) is 0. The zero-order valence-corrected chi connectivity index (χ0v) is 12.5. The van der Waals surface area contributed by atoms with Crippen LogP contribution in [-0.4, -0.2) is 17.8 Å². The van der Waals surface area contributed by atoms with Crippen molar-refractivity contribution in [2.75, 3.05) is 16.8 Å². The van der Waals surface area contributed by atoms with Gasteiger partial charge in [-0.3, -0.25) is 4.79 Å². The molecule has 0 saturated carbocycles. The molecule has 18 heavy (non-hydrogen) atoms. The number of rotatable bonds is 4. The smallest absolute Gasteiger partial charge is 0.226 e. The number of benzene rings is 1. The fraction of sp³-hybridized carbons (Fsp3) is 0.533. The number of unbranched alkanes of at least 4 members (excludes halogenated alkanes) is 1. The summed E-state index contributed by atoms with van der Waals surface area (Å²) in [5.41, 5.74) is 3.73. The number of amides is 1. The van der Waals surface area contributed by atoms with Crippen molar-refractivity contribution in [1.29, 1.82) is 0 Å². The number of carbonyl (C=O) groups is 1. The summed E-state index contributed by atoms with van der Waals surface area (Å²) in [6, 6.07) is 6.34. The van der Waals surface area contributed by atoms with Crippen LogP contribution >= 0.6 is 15.9 Å². The molecule has 1 aromatic carbocycles. The molecule has 0 N–H and O–H groups in total. The van der Waals surface area contributed by atoms with Crippen molar-refractivity contribution in [2.24, 2.45) is 0 Å². The fourth-order valence-corrected chi connectivity index (χ4v) is 3.00. The Kier molecular flexibility index (Phi) is 4.81. The molecule has 1 amide bonds. The first-order valence-electron chi connectivity index (χ1n) is 6.69. The molecule has 1 aliphatic heterocycles. The van der Waals surface area contributed by atoms with Crippen LogP contribution in [0.2, 0.25) is 0 Å². The predicted octanol–water partition coefficient (Wildman–Crippen LogP) is 3.84. The number of halogens is 1. The number of fused-ring (bicyclic) bond motifs is 1. The van der Waals surface area contributed by atoms with Crippen molar-refractivity contribution >= 4 is 27.5 Å². The highest BCUT2D eigenvalue weighted by Gasteiger charge is 2.23. The standard InChI is InChI=1S/C15H20BrNO/c1-12-6-4-7-13-8-5-11-17(15(12)13)14(18)9-2-3-10-16/h4,6-7H,2-3,5,8-11H2,1H3. The largest absolute Gasteiger partial charge is 0.312 e. The highest BCUT2D eigenvalue weighted by molar-refractivity contribution is 9.09. The normalized spacial score (nSPS) is 14.4. The van der Waals surface area contributed by atoms with E-state index in [1.807, 2.05) is 4.90 Å². The maximum absolute atomic E-state index is 12.3. The van der Waals surface area contributed by atoms with Gasteiger partial charge in [0, 0.05) is 24.0 Å². The lowest BCUT2D eigenvalue weighted by Gasteiger charge is -2.31. The molecule has 0 aliphatic carbocycles. The zero-order valence-electron chi connectivity index (χ0n) is 10.9. The quantitative estimate of drug-likeness (QED) is 0.611. The SMILES string of the molecule is Cc1cccc2c1N(C(=O)CCCCBr)CCC2. The lowest BCUT2D eigenvalue weighted by atomic mass is 9.98. The summed E-state index contributed by atoms with van der Waals surface area (Å²) in [5.74, 6) is 0.284. The lowest BCUT2D eigenvalue weighted by molar-refractivity contribution is -0.118. The van der Waals surface area contributed by atoms with E-state index in [1.165, 1.54) is 16.8 Å². The molecular formula is C15H20BrNO. The first-order chi connectivity index (χ1) is 8.74. The Hall–Kier alpha value is -0.830. The number of para-hydroxylation sites is 1. The van der Waals surface area contributed by atoms with Crippen LogP contribution in [0.4, 0.5) is 5.69 Å². The molecule has 98 valence electrons. The van der Waals surface area contributed by atoms with Gasteiger partial charge < -0.3 is 4.90 Å². The van der Waals surface area contributed by atoms with Crippen LogP contribution in [0.1, 0.15) is 36.8 Å². The van der Waals surface area contributed by atoms with E-state index in [-0.39, 0.29) is 5.91 Å². The van der Waals surface area contributed by atoms with Crippen molar-refractivity contribution in [2.45, 2.75) is 39.0 Å². The lowest BCUT2D eigenvalue weighted by Crippen LogP contribution is -2.35. The molecule has 0 bridgehead atoms. The third-order valence-corrected chi connectivity index (χ3v) is 4.06. The average molecular weight is 310 g/mol. The van der Waals surface area contributed by atoms with E-state index in [0.717, 1.165) is 37.6 Å². The summed E-state index contributed by atoms with van der Waals surface area (Å²) in [7, 11) is 0. The van der Waals surface area contributed by atoms with E-state index in [0.29, 0.717) is 6.42 Å². The molecule has 0 aromatic heterocycles. The van der Waals surface area contributed by atoms with Gasteiger partial charge in [-0.05, 0) is 43.7 Å². The Morgan fingerprint density at radius 1 is 1.39 bits per heavy atom. The van der Waals surface area contributed by atoms with Gasteiger partial charge in [-0.2, -0.15) is 0 Å². The Labute approximate surface area is 117 Å². The summed E-state index contributed by atoms with van der Waals surface area (Å²) < 4.78 is 0. The molecule has 2 nitrogen and oxygen atoms in total. The second-order valence-corrected chi connectivity index (χ2v) is 5.67. The molecule has 1 aromatic rings. The van der Waals surface area contributed by atoms with Crippen LogP contribution in [0.3, 0.4) is 0 Å². The van der Waals surface area contributed by atoms with Crippen molar-refractivity contribution in [3.63, 3.8) is 0 Å². The van der Waals surface area contributed by atoms with E-state index in [2.05, 4.69) is 41.1 Å². The van der Waals surface area contributed by atoms with Crippen molar-refractivity contribution in [1.82, 2.24) is 0 Å². The molecule has 0 saturated heterocycles. The predicted molar refractivity (Wildman–Crippen MR) is 79.5 cm³/mol. The van der Waals surface area contributed by atoms with Gasteiger partial charge in [0.05, 0.1) is 0 Å². The van der Waals surface area contributed by atoms with E-state index < -0.39 is 0 Å². The molecule has 1 heterocycles. The van der Waals surface area contributed by atoms with E-state index in [4.69, 9.17) is 0 Å². The third-order valence-electron chi connectivity index (χ3n) is 3.49. The van der Waals surface area contributed by atoms with Gasteiger partial charge in [0.15, 0.2) is 0 Å². The van der Waals surface area contributed by atoms with Crippen molar-refractivity contribution in [3.8, 4) is 0 Å². The maximum atomic E-state index is 12.3. The van der Waals surface area contributed by atoms with Crippen LogP contribution in [0.25, 0.3) is 0 Å². The van der Waals surface area contributed by atoms with Gasteiger partial charge >= 0.3 is 0 Å². The molecule has 0 fully saturated rings. The van der Waals surface area contributed by atoms with Crippen LogP contribution in [0, 0.1) is 6.92 Å². The minimum atomic E-state index is 0.284. The van der Waals surface area contributed by atoms with E-state index in [1.54, 1.807) is 0 Å². The number of alkyl halides is 1. The molecule has 0 radical (unpaired) electrons. The van der Waals surface area contributed by atoms with Crippen LogP contribution < -0.4 is 4.90 Å². The van der Waals surface area contributed by atoms with Gasteiger partial charge in [-0.1, -0.05) is 34.1 Å². The van der Waals surface area contributed by atoms with Crippen molar-refractivity contribution in [3.05, 3.63) is 29.3 Å². The first kappa shape index (κ1) is 13.6. The number of hydrogen-bond acceptors (Lipinski definition) is 1. The molecule has 0 spiro atoms. The molecule has 3 heteroatoms. The third kappa shape index (κ3) is 2.94. The Morgan fingerprint density at radius 3 is 3.00 bits per heavy atom. The van der Waals surface area contributed by atoms with Gasteiger partial charge in [0.2, 0.25) is 5.91 Å². The number of anilines is 1. The minimum absolute atomic E-state index is 0.284. The molecule has 2 rings (SSSR count). The topological polar surface area (TPSA) is 20.3 Å². The summed E-state index contributed by atoms with van der Waals surface area (Å²) >= 11 is 3.41. The zero-order chi connectivity index (χ0) is 13.0. The Morgan fingerprint density at radius 2 is 2.22 bits per heavy atom. The molecular weight excluding hydrogens is 290 g/mol. The molecule has 1 aliphatic rings. The second-order valence-electron chi connectivity index (χ2n) is 4.88. The van der Waals surface area contributed by atoms with Gasteiger partial charge in [0.25, 0.3) is 0 Å². The summed E-state index contributed by atoms with van der Waals surface area (Å²) in [6.45, 7) is 2.98. The first-order valence-corrected chi connectivity index (χ1v) is 7.81. The highest BCUT2D eigenvalue weighted by Crippen LogP contribution is 2.31. The molecule has 0 atom stereocenters.